The molecule has 0 saturated heterocycles. The largest absolute Gasteiger partial charge is 0.497 e. The Morgan fingerprint density at radius 1 is 1.05 bits per heavy atom. The van der Waals surface area contributed by atoms with Crippen LogP contribution in [0, 0.1) is 0 Å². The predicted octanol–water partition coefficient (Wildman–Crippen LogP) is 3.45. The molecule has 0 N–H and O–H groups in total. The summed E-state index contributed by atoms with van der Waals surface area (Å²) < 4.78 is 7.24. The highest BCUT2D eigenvalue weighted by molar-refractivity contribution is 5.63. The van der Waals surface area contributed by atoms with Gasteiger partial charge in [-0.05, 0) is 42.0 Å². The summed E-state index contributed by atoms with van der Waals surface area (Å²) in [4.78, 5) is 0. The molecule has 4 rings (SSSR count). The standard InChI is InChI=1S/C17H14N2O/c1-20-15-8-6-12(7-9-15)16-11-14-10-13-4-2-3-5-17(13)19(14)18-16/h2-9,11H,10H2,1H3. The Labute approximate surface area is 117 Å². The molecule has 0 aliphatic carbocycles. The number of benzene rings is 2. The molecule has 3 nitrogen and oxygen atoms in total. The molecule has 0 bridgehead atoms. The van der Waals surface area contributed by atoms with Gasteiger partial charge in [-0.3, -0.25) is 0 Å². The number of hydrogen-bond donors (Lipinski definition) is 0. The van der Waals surface area contributed by atoms with Crippen LogP contribution in [0.25, 0.3) is 16.9 Å². The van der Waals surface area contributed by atoms with E-state index in [1.165, 1.54) is 16.9 Å². The van der Waals surface area contributed by atoms with Gasteiger partial charge in [0.15, 0.2) is 0 Å². The van der Waals surface area contributed by atoms with Crippen molar-refractivity contribution in [1.82, 2.24) is 9.78 Å². The summed E-state index contributed by atoms with van der Waals surface area (Å²) >= 11 is 0. The summed E-state index contributed by atoms with van der Waals surface area (Å²) in [5, 5.41) is 4.73. The van der Waals surface area contributed by atoms with E-state index in [0.29, 0.717) is 0 Å². The van der Waals surface area contributed by atoms with Crippen LogP contribution in [-0.2, 0) is 6.42 Å². The van der Waals surface area contributed by atoms with Crippen LogP contribution in [0.2, 0.25) is 0 Å². The molecule has 1 aliphatic heterocycles. The molecule has 0 fully saturated rings. The average molecular weight is 262 g/mol. The Morgan fingerprint density at radius 2 is 1.85 bits per heavy atom. The molecule has 2 heterocycles. The summed E-state index contributed by atoms with van der Waals surface area (Å²) in [6.45, 7) is 0. The van der Waals surface area contributed by atoms with Crippen molar-refractivity contribution in [3.8, 4) is 22.7 Å². The molecule has 0 spiro atoms. The van der Waals surface area contributed by atoms with Gasteiger partial charge in [0.1, 0.15) is 5.75 Å². The van der Waals surface area contributed by atoms with Crippen molar-refractivity contribution >= 4 is 0 Å². The zero-order valence-electron chi connectivity index (χ0n) is 11.2. The molecule has 0 atom stereocenters. The normalized spacial score (nSPS) is 12.1. The Hall–Kier alpha value is -2.55. The van der Waals surface area contributed by atoms with Gasteiger partial charge < -0.3 is 4.74 Å². The lowest BCUT2D eigenvalue weighted by molar-refractivity contribution is 0.415. The maximum Gasteiger partial charge on any atom is 0.118 e. The van der Waals surface area contributed by atoms with Gasteiger partial charge in [0.25, 0.3) is 0 Å². The molecule has 0 unspecified atom stereocenters. The smallest absolute Gasteiger partial charge is 0.118 e. The first-order chi connectivity index (χ1) is 9.85. The van der Waals surface area contributed by atoms with E-state index in [1.807, 2.05) is 24.3 Å². The van der Waals surface area contributed by atoms with Crippen LogP contribution in [0.1, 0.15) is 11.3 Å². The summed E-state index contributed by atoms with van der Waals surface area (Å²) in [7, 11) is 1.68. The number of ether oxygens (including phenoxy) is 1. The van der Waals surface area contributed by atoms with Crippen molar-refractivity contribution in [2.45, 2.75) is 6.42 Å². The highest BCUT2D eigenvalue weighted by Gasteiger charge is 2.20. The van der Waals surface area contributed by atoms with Gasteiger partial charge in [-0.2, -0.15) is 5.10 Å². The van der Waals surface area contributed by atoms with E-state index in [1.54, 1.807) is 7.11 Å². The number of methoxy groups -OCH3 is 1. The Bertz CT molecular complexity index is 772. The van der Waals surface area contributed by atoms with Gasteiger partial charge >= 0.3 is 0 Å². The molecule has 0 radical (unpaired) electrons. The third-order valence-electron chi connectivity index (χ3n) is 3.76. The molecule has 20 heavy (non-hydrogen) atoms. The van der Waals surface area contributed by atoms with Gasteiger partial charge in [-0.1, -0.05) is 18.2 Å². The SMILES string of the molecule is COc1ccc(-c2cc3n(n2)-c2ccccc2C3)cc1. The van der Waals surface area contributed by atoms with Crippen molar-refractivity contribution in [1.29, 1.82) is 0 Å². The van der Waals surface area contributed by atoms with Gasteiger partial charge in [0, 0.05) is 17.7 Å². The van der Waals surface area contributed by atoms with E-state index in [4.69, 9.17) is 9.84 Å². The second-order valence-electron chi connectivity index (χ2n) is 4.97. The average Bonchev–Trinajstić information content (AvgIpc) is 3.05. The van der Waals surface area contributed by atoms with Crippen LogP contribution >= 0.6 is 0 Å². The molecule has 1 aliphatic rings. The molecule has 3 aromatic rings. The molecule has 2 aromatic carbocycles. The van der Waals surface area contributed by atoms with E-state index in [-0.39, 0.29) is 0 Å². The lowest BCUT2D eigenvalue weighted by atomic mass is 10.1. The Balaban J connectivity index is 1.76. The minimum Gasteiger partial charge on any atom is -0.497 e. The minimum absolute atomic E-state index is 0.867. The summed E-state index contributed by atoms with van der Waals surface area (Å²) in [5.74, 6) is 0.867. The van der Waals surface area contributed by atoms with E-state index in [0.717, 1.165) is 23.4 Å². The maximum absolute atomic E-state index is 5.19. The first kappa shape index (κ1) is 11.3. The third kappa shape index (κ3) is 1.63. The zero-order chi connectivity index (χ0) is 13.5. The number of hydrogen-bond acceptors (Lipinski definition) is 2. The van der Waals surface area contributed by atoms with Gasteiger partial charge in [-0.25, -0.2) is 4.68 Å². The third-order valence-corrected chi connectivity index (χ3v) is 3.76. The van der Waals surface area contributed by atoms with Crippen molar-refractivity contribution in [2.24, 2.45) is 0 Å². The maximum atomic E-state index is 5.19. The topological polar surface area (TPSA) is 27.1 Å². The fourth-order valence-corrected chi connectivity index (χ4v) is 2.72. The zero-order valence-corrected chi connectivity index (χ0v) is 11.2. The van der Waals surface area contributed by atoms with Gasteiger partial charge in [0.2, 0.25) is 0 Å². The second-order valence-corrected chi connectivity index (χ2v) is 4.97. The fraction of sp³-hybridized carbons (Fsp3) is 0.118. The lowest BCUT2D eigenvalue weighted by Gasteiger charge is -2.02. The highest BCUT2D eigenvalue weighted by Crippen LogP contribution is 2.30. The molecule has 98 valence electrons. The number of fused-ring (bicyclic) bond motifs is 3. The molecule has 1 aromatic heterocycles. The van der Waals surface area contributed by atoms with Crippen LogP contribution in [0.3, 0.4) is 0 Å². The quantitative estimate of drug-likeness (QED) is 0.553. The molecule has 3 heteroatoms. The molecular formula is C17H14N2O. The molecule has 0 saturated carbocycles. The van der Waals surface area contributed by atoms with Crippen LogP contribution in [0.15, 0.2) is 54.6 Å². The highest BCUT2D eigenvalue weighted by atomic mass is 16.5. The van der Waals surface area contributed by atoms with E-state index < -0.39 is 0 Å². The lowest BCUT2D eigenvalue weighted by Crippen LogP contribution is -1.94. The van der Waals surface area contributed by atoms with E-state index in [9.17, 15) is 0 Å². The summed E-state index contributed by atoms with van der Waals surface area (Å²) in [5.41, 5.74) is 5.91. The molecule has 0 amide bonds. The van der Waals surface area contributed by atoms with E-state index >= 15 is 0 Å². The summed E-state index contributed by atoms with van der Waals surface area (Å²) in [6, 6.07) is 18.6. The van der Waals surface area contributed by atoms with Crippen LogP contribution in [-0.4, -0.2) is 16.9 Å². The first-order valence-corrected chi connectivity index (χ1v) is 6.67. The van der Waals surface area contributed by atoms with Crippen LogP contribution < -0.4 is 4.74 Å². The summed E-state index contributed by atoms with van der Waals surface area (Å²) in [6.07, 6.45) is 0.958. The van der Waals surface area contributed by atoms with Crippen molar-refractivity contribution < 1.29 is 4.74 Å². The number of para-hydroxylation sites is 1. The van der Waals surface area contributed by atoms with Crippen molar-refractivity contribution in [3.63, 3.8) is 0 Å². The molecular weight excluding hydrogens is 248 g/mol. The second kappa shape index (κ2) is 4.23. The monoisotopic (exact) mass is 262 g/mol. The van der Waals surface area contributed by atoms with Gasteiger partial charge in [-0.15, -0.1) is 0 Å². The Morgan fingerprint density at radius 3 is 2.65 bits per heavy atom. The van der Waals surface area contributed by atoms with Crippen molar-refractivity contribution in [2.75, 3.05) is 7.11 Å². The first-order valence-electron chi connectivity index (χ1n) is 6.67. The number of nitrogens with zero attached hydrogens (tertiary/aromatic N) is 2. The minimum atomic E-state index is 0.867. The fourth-order valence-electron chi connectivity index (χ4n) is 2.72. The van der Waals surface area contributed by atoms with Crippen LogP contribution in [0.5, 0.6) is 5.75 Å². The van der Waals surface area contributed by atoms with Crippen LogP contribution in [0.4, 0.5) is 0 Å². The van der Waals surface area contributed by atoms with E-state index in [2.05, 4.69) is 35.0 Å². The van der Waals surface area contributed by atoms with Gasteiger partial charge in [0.05, 0.1) is 18.5 Å². The number of aromatic nitrogens is 2. The Kier molecular flexibility index (Phi) is 2.39. The predicted molar refractivity (Wildman–Crippen MR) is 78.4 cm³/mol. The van der Waals surface area contributed by atoms with Crippen molar-refractivity contribution in [3.05, 3.63) is 65.9 Å². The number of rotatable bonds is 2.